The molecule has 0 radical (unpaired) electrons. The fourth-order valence-corrected chi connectivity index (χ4v) is 3.01. The lowest BCUT2D eigenvalue weighted by Crippen LogP contribution is -2.72. The highest BCUT2D eigenvalue weighted by Crippen LogP contribution is 2.41. The Labute approximate surface area is 152 Å². The summed E-state index contributed by atoms with van der Waals surface area (Å²) < 4.78 is 11.1. The second-order valence-electron chi connectivity index (χ2n) is 6.93. The maximum absolute atomic E-state index is 12.8. The van der Waals surface area contributed by atoms with Crippen molar-refractivity contribution in [2.75, 3.05) is 0 Å². The maximum atomic E-state index is 12.8. The molecule has 2 N–H and O–H groups in total. The number of aliphatic hydroxyl groups is 2. The highest BCUT2D eigenvalue weighted by atomic mass is 35.5. The first-order chi connectivity index (χ1) is 10.7. The molecule has 0 saturated heterocycles. The molecule has 0 bridgehead atoms. The van der Waals surface area contributed by atoms with Gasteiger partial charge in [0.2, 0.25) is 0 Å². The van der Waals surface area contributed by atoms with E-state index >= 15 is 0 Å². The Hall–Kier alpha value is -1.01. The van der Waals surface area contributed by atoms with Gasteiger partial charge in [-0.05, 0) is 59.7 Å². The van der Waals surface area contributed by atoms with Crippen LogP contribution in [-0.4, -0.2) is 39.1 Å². The van der Waals surface area contributed by atoms with E-state index in [4.69, 9.17) is 32.7 Å². The van der Waals surface area contributed by atoms with Gasteiger partial charge in [-0.1, -0.05) is 23.2 Å². The lowest BCUT2D eigenvalue weighted by atomic mass is 9.73. The monoisotopic (exact) mass is 378 g/mol. The Morgan fingerprint density at radius 2 is 1.58 bits per heavy atom. The summed E-state index contributed by atoms with van der Waals surface area (Å²) in [6, 6.07) is 4.42. The van der Waals surface area contributed by atoms with Gasteiger partial charge in [0.15, 0.2) is 0 Å². The Morgan fingerprint density at radius 1 is 1.08 bits per heavy atom. The average Bonchev–Trinajstić information content (AvgIpc) is 2.33. The third kappa shape index (κ3) is 4.14. The lowest BCUT2D eigenvalue weighted by molar-refractivity contribution is -0.228. The molecule has 0 aliphatic heterocycles. The molecule has 1 rings (SSSR count). The third-order valence-electron chi connectivity index (χ3n) is 3.51. The van der Waals surface area contributed by atoms with Crippen LogP contribution in [-0.2, 0) is 9.53 Å². The number of carbonyl (C=O) groups excluding carboxylic acids is 1. The molecule has 1 aromatic rings. The van der Waals surface area contributed by atoms with Crippen molar-refractivity contribution >= 4 is 29.2 Å². The second-order valence-corrected chi connectivity index (χ2v) is 7.77. The van der Waals surface area contributed by atoms with Crippen LogP contribution in [0.15, 0.2) is 18.2 Å². The van der Waals surface area contributed by atoms with Crippen molar-refractivity contribution in [1.82, 2.24) is 0 Å². The molecule has 0 saturated carbocycles. The molecule has 0 fully saturated rings. The summed E-state index contributed by atoms with van der Waals surface area (Å²) in [6.45, 7) is 8.75. The quantitative estimate of drug-likeness (QED) is 0.739. The number of carbonyl (C=O) groups is 1. The van der Waals surface area contributed by atoms with Gasteiger partial charge in [0.1, 0.15) is 17.0 Å². The van der Waals surface area contributed by atoms with Crippen LogP contribution in [0.4, 0.5) is 0 Å². The van der Waals surface area contributed by atoms with Crippen LogP contribution in [0, 0.1) is 0 Å². The normalized spacial score (nSPS) is 13.1. The summed E-state index contributed by atoms with van der Waals surface area (Å²) in [5.74, 6) is -0.811. The van der Waals surface area contributed by atoms with E-state index in [0.717, 1.165) is 0 Å². The average molecular weight is 379 g/mol. The van der Waals surface area contributed by atoms with Crippen LogP contribution in [0.5, 0.6) is 5.75 Å². The van der Waals surface area contributed by atoms with Crippen molar-refractivity contribution in [2.24, 2.45) is 0 Å². The van der Waals surface area contributed by atoms with E-state index in [-0.39, 0.29) is 10.8 Å². The highest BCUT2D eigenvalue weighted by Gasteiger charge is 2.64. The van der Waals surface area contributed by atoms with Crippen LogP contribution < -0.4 is 4.74 Å². The molecule has 7 heteroatoms. The zero-order valence-corrected chi connectivity index (χ0v) is 16.2. The van der Waals surface area contributed by atoms with Crippen molar-refractivity contribution in [3.63, 3.8) is 0 Å². The van der Waals surface area contributed by atoms with Gasteiger partial charge in [-0.3, -0.25) is 0 Å². The van der Waals surface area contributed by atoms with E-state index in [1.165, 1.54) is 45.9 Å². The van der Waals surface area contributed by atoms with Gasteiger partial charge >= 0.3 is 5.97 Å². The SMILES string of the molecule is CC(C)OC(=O)C(Oc1ccc(Cl)cc1Cl)(C(C)(C)O)C(C)(C)O. The highest BCUT2D eigenvalue weighted by molar-refractivity contribution is 6.35. The summed E-state index contributed by atoms with van der Waals surface area (Å²) in [5.41, 5.74) is -5.71. The van der Waals surface area contributed by atoms with E-state index < -0.39 is 28.9 Å². The number of rotatable bonds is 6. The fraction of sp³-hybridized carbons (Fsp3) is 0.588. The number of halogens is 2. The zero-order chi connectivity index (χ0) is 18.9. The first kappa shape index (κ1) is 21.0. The van der Waals surface area contributed by atoms with E-state index in [1.807, 2.05) is 0 Å². The third-order valence-corrected chi connectivity index (χ3v) is 4.04. The van der Waals surface area contributed by atoms with Gasteiger partial charge < -0.3 is 19.7 Å². The van der Waals surface area contributed by atoms with Gasteiger partial charge in [-0.15, -0.1) is 0 Å². The molecule has 0 aromatic heterocycles. The fourth-order valence-electron chi connectivity index (χ4n) is 2.56. The predicted molar refractivity (Wildman–Crippen MR) is 93.6 cm³/mol. The molecule has 136 valence electrons. The standard InChI is InChI=1S/C17H24Cl2O5/c1-10(2)23-14(20)17(15(3,4)21,16(5,6)22)24-13-8-7-11(18)9-12(13)19/h7-10,21-22H,1-6H3. The Balaban J connectivity index is 3.54. The van der Waals surface area contributed by atoms with Gasteiger partial charge in [0.25, 0.3) is 5.60 Å². The van der Waals surface area contributed by atoms with E-state index in [0.29, 0.717) is 5.02 Å². The van der Waals surface area contributed by atoms with Crippen molar-refractivity contribution < 1.29 is 24.5 Å². The van der Waals surface area contributed by atoms with E-state index in [9.17, 15) is 15.0 Å². The minimum atomic E-state index is -2.12. The minimum absolute atomic E-state index is 0.0889. The summed E-state index contributed by atoms with van der Waals surface area (Å²) >= 11 is 12.0. The predicted octanol–water partition coefficient (Wildman–Crippen LogP) is 3.60. The topological polar surface area (TPSA) is 76.0 Å². The summed E-state index contributed by atoms with van der Waals surface area (Å²) in [7, 11) is 0. The van der Waals surface area contributed by atoms with Gasteiger partial charge in [-0.2, -0.15) is 0 Å². The largest absolute Gasteiger partial charge is 0.468 e. The molecule has 0 atom stereocenters. The molecule has 5 nitrogen and oxygen atoms in total. The minimum Gasteiger partial charge on any atom is -0.468 e. The first-order valence-corrected chi connectivity index (χ1v) is 8.28. The first-order valence-electron chi connectivity index (χ1n) is 7.52. The summed E-state index contributed by atoms with van der Waals surface area (Å²) in [6.07, 6.45) is -0.467. The molecule has 0 aliphatic rings. The molecule has 0 spiro atoms. The molecule has 0 amide bonds. The molecule has 0 unspecified atom stereocenters. The van der Waals surface area contributed by atoms with Crippen molar-refractivity contribution in [1.29, 1.82) is 0 Å². The van der Waals surface area contributed by atoms with Gasteiger partial charge in [0, 0.05) is 5.02 Å². The summed E-state index contributed by atoms with van der Waals surface area (Å²) in [5, 5.41) is 21.9. The number of hydrogen-bond acceptors (Lipinski definition) is 5. The van der Waals surface area contributed by atoms with E-state index in [1.54, 1.807) is 13.8 Å². The van der Waals surface area contributed by atoms with Crippen LogP contribution in [0.3, 0.4) is 0 Å². The number of esters is 1. The lowest BCUT2D eigenvalue weighted by Gasteiger charge is -2.48. The van der Waals surface area contributed by atoms with Crippen LogP contribution in [0.1, 0.15) is 41.5 Å². The number of hydrogen-bond donors (Lipinski definition) is 2. The Bertz CT molecular complexity index is 586. The van der Waals surface area contributed by atoms with Gasteiger partial charge in [0.05, 0.1) is 11.1 Å². The van der Waals surface area contributed by atoms with Crippen LogP contribution in [0.25, 0.3) is 0 Å². The van der Waals surface area contributed by atoms with Crippen LogP contribution in [0.2, 0.25) is 10.0 Å². The molecule has 1 aromatic carbocycles. The molecular formula is C17H24Cl2O5. The maximum Gasteiger partial charge on any atom is 0.356 e. The van der Waals surface area contributed by atoms with Crippen molar-refractivity contribution in [3.05, 3.63) is 28.2 Å². The van der Waals surface area contributed by atoms with Crippen LogP contribution >= 0.6 is 23.2 Å². The second kappa shape index (κ2) is 7.08. The Morgan fingerprint density at radius 3 is 1.96 bits per heavy atom. The molecule has 24 heavy (non-hydrogen) atoms. The Kier molecular flexibility index (Phi) is 6.21. The number of benzene rings is 1. The molecule has 0 aliphatic carbocycles. The number of ether oxygens (including phenoxy) is 2. The van der Waals surface area contributed by atoms with Crippen molar-refractivity contribution in [2.45, 2.75) is 64.4 Å². The van der Waals surface area contributed by atoms with E-state index in [2.05, 4.69) is 0 Å². The van der Waals surface area contributed by atoms with Gasteiger partial charge in [-0.25, -0.2) is 4.79 Å². The van der Waals surface area contributed by atoms with Crippen molar-refractivity contribution in [3.8, 4) is 5.75 Å². The molecule has 0 heterocycles. The summed E-state index contributed by atoms with van der Waals surface area (Å²) in [4.78, 5) is 12.8. The smallest absolute Gasteiger partial charge is 0.356 e. The molecular weight excluding hydrogens is 355 g/mol. The zero-order valence-electron chi connectivity index (χ0n) is 14.7.